The molecule has 0 radical (unpaired) electrons. The Morgan fingerprint density at radius 3 is 2.43 bits per heavy atom. The zero-order valence-corrected chi connectivity index (χ0v) is 27.0. The highest BCUT2D eigenvalue weighted by atomic mass is 79.9. The van der Waals surface area contributed by atoms with Gasteiger partial charge in [-0.05, 0) is 71.3 Å². The summed E-state index contributed by atoms with van der Waals surface area (Å²) in [5.74, 6) is 0.844. The van der Waals surface area contributed by atoms with Gasteiger partial charge in [-0.15, -0.1) is 0 Å². The molecule has 0 aromatic heterocycles. The van der Waals surface area contributed by atoms with E-state index in [0.29, 0.717) is 41.2 Å². The molecule has 8 nitrogen and oxygen atoms in total. The fraction of sp³-hybridized carbons (Fsp3) is 0.257. The summed E-state index contributed by atoms with van der Waals surface area (Å²) < 4.78 is 58.4. The van der Waals surface area contributed by atoms with Crippen LogP contribution >= 0.6 is 15.9 Å². The zero-order chi connectivity index (χ0) is 33.4. The first kappa shape index (κ1) is 34.0. The van der Waals surface area contributed by atoms with Crippen molar-refractivity contribution in [2.75, 3.05) is 20.3 Å². The maximum Gasteiger partial charge on any atom is 0.416 e. The molecule has 0 unspecified atom stereocenters. The SMILES string of the molecule is COc1cccc([C@@H]2OC(c3ccc(OCCCO)cc3)=N[C@]2(Cc2ccc(Br)cc2)C(=O)NNCc2cccc(C(F)(F)F)c2)c1. The van der Waals surface area contributed by atoms with Gasteiger partial charge >= 0.3 is 6.18 Å². The number of ether oxygens (including phenoxy) is 3. The van der Waals surface area contributed by atoms with Gasteiger partial charge in [0.15, 0.2) is 11.6 Å². The van der Waals surface area contributed by atoms with Crippen molar-refractivity contribution in [2.24, 2.45) is 4.99 Å². The average molecular weight is 713 g/mol. The lowest BCUT2D eigenvalue weighted by Gasteiger charge is -2.31. The molecule has 0 aliphatic carbocycles. The van der Waals surface area contributed by atoms with Gasteiger partial charge in [-0.2, -0.15) is 13.2 Å². The van der Waals surface area contributed by atoms with Crippen LogP contribution in [-0.4, -0.2) is 42.8 Å². The topological polar surface area (TPSA) is 101 Å². The predicted octanol–water partition coefficient (Wildman–Crippen LogP) is 6.56. The number of hydrazine groups is 1. The molecule has 1 aliphatic heterocycles. The molecule has 1 amide bonds. The Kier molecular flexibility index (Phi) is 10.8. The van der Waals surface area contributed by atoms with Crippen molar-refractivity contribution in [3.05, 3.63) is 129 Å². The zero-order valence-electron chi connectivity index (χ0n) is 25.4. The maximum atomic E-state index is 14.3. The van der Waals surface area contributed by atoms with E-state index in [1.807, 2.05) is 30.3 Å². The first-order valence-corrected chi connectivity index (χ1v) is 15.6. The van der Waals surface area contributed by atoms with Crippen molar-refractivity contribution in [2.45, 2.75) is 37.2 Å². The van der Waals surface area contributed by atoms with Crippen LogP contribution in [0.15, 0.2) is 107 Å². The highest BCUT2D eigenvalue weighted by Crippen LogP contribution is 2.43. The molecule has 1 heterocycles. The van der Waals surface area contributed by atoms with Crippen molar-refractivity contribution in [3.8, 4) is 11.5 Å². The first-order valence-electron chi connectivity index (χ1n) is 14.8. The number of carbonyl (C=O) groups excluding carboxylic acids is 1. The summed E-state index contributed by atoms with van der Waals surface area (Å²) in [5, 5.41) is 9.05. The Balaban J connectivity index is 1.51. The average Bonchev–Trinajstić information content (AvgIpc) is 3.46. The number of alkyl halides is 3. The Morgan fingerprint density at radius 2 is 1.72 bits per heavy atom. The van der Waals surface area contributed by atoms with Gasteiger partial charge < -0.3 is 19.3 Å². The molecule has 47 heavy (non-hydrogen) atoms. The van der Waals surface area contributed by atoms with E-state index in [0.717, 1.165) is 22.2 Å². The molecule has 0 bridgehead atoms. The lowest BCUT2D eigenvalue weighted by atomic mass is 9.82. The van der Waals surface area contributed by atoms with Crippen molar-refractivity contribution < 1.29 is 37.3 Å². The summed E-state index contributed by atoms with van der Waals surface area (Å²) in [6.45, 7) is 0.309. The Morgan fingerprint density at radius 1 is 0.979 bits per heavy atom. The van der Waals surface area contributed by atoms with E-state index in [1.165, 1.54) is 12.1 Å². The predicted molar refractivity (Wildman–Crippen MR) is 174 cm³/mol. The van der Waals surface area contributed by atoms with E-state index in [4.69, 9.17) is 24.3 Å². The number of hydrogen-bond acceptors (Lipinski definition) is 7. The molecular formula is C35H33BrF3N3O5. The number of rotatable bonds is 13. The molecule has 0 saturated carbocycles. The summed E-state index contributed by atoms with van der Waals surface area (Å²) in [4.78, 5) is 19.3. The number of halogens is 4. The van der Waals surface area contributed by atoms with E-state index in [9.17, 15) is 18.0 Å². The molecule has 4 aromatic rings. The lowest BCUT2D eigenvalue weighted by molar-refractivity contribution is -0.137. The lowest BCUT2D eigenvalue weighted by Crippen LogP contribution is -2.53. The number of hydrogen-bond donors (Lipinski definition) is 3. The molecule has 5 rings (SSSR count). The van der Waals surface area contributed by atoms with E-state index in [-0.39, 0.29) is 25.5 Å². The van der Waals surface area contributed by atoms with Gasteiger partial charge in [0.2, 0.25) is 5.90 Å². The fourth-order valence-corrected chi connectivity index (χ4v) is 5.46. The minimum absolute atomic E-state index is 0.0195. The summed E-state index contributed by atoms with van der Waals surface area (Å²) >= 11 is 3.46. The van der Waals surface area contributed by atoms with Crippen molar-refractivity contribution in [3.63, 3.8) is 0 Å². The number of aliphatic hydroxyl groups excluding tert-OH is 1. The van der Waals surface area contributed by atoms with E-state index in [2.05, 4.69) is 26.8 Å². The number of methoxy groups -OCH3 is 1. The normalized spacial score (nSPS) is 17.5. The molecule has 12 heteroatoms. The van der Waals surface area contributed by atoms with Gasteiger partial charge in [0.1, 0.15) is 11.5 Å². The molecule has 3 N–H and O–H groups in total. The Labute approximate surface area is 278 Å². The number of benzene rings is 4. The summed E-state index contributed by atoms with van der Waals surface area (Å²) in [5.41, 5.74) is 5.55. The van der Waals surface area contributed by atoms with Crippen LogP contribution in [0.5, 0.6) is 11.5 Å². The molecule has 2 atom stereocenters. The number of nitrogens with one attached hydrogen (secondary N) is 2. The van der Waals surface area contributed by atoms with Crippen LogP contribution in [-0.2, 0) is 28.7 Å². The second-order valence-corrected chi connectivity index (χ2v) is 11.8. The number of aliphatic hydroxyl groups is 1. The van der Waals surface area contributed by atoms with Gasteiger partial charge in [-0.1, -0.05) is 58.4 Å². The number of amides is 1. The summed E-state index contributed by atoms with van der Waals surface area (Å²) in [7, 11) is 1.54. The van der Waals surface area contributed by atoms with Crippen LogP contribution in [0.25, 0.3) is 0 Å². The van der Waals surface area contributed by atoms with Crippen molar-refractivity contribution >= 4 is 27.7 Å². The summed E-state index contributed by atoms with van der Waals surface area (Å²) in [6.07, 6.45) is -4.78. The van der Waals surface area contributed by atoms with Crippen molar-refractivity contribution in [1.82, 2.24) is 10.9 Å². The van der Waals surface area contributed by atoms with Gasteiger partial charge in [0, 0.05) is 36.0 Å². The van der Waals surface area contributed by atoms with Gasteiger partial charge in [0.05, 0.1) is 19.3 Å². The third-order valence-corrected chi connectivity index (χ3v) is 8.09. The minimum Gasteiger partial charge on any atom is -0.497 e. The third kappa shape index (κ3) is 8.31. The van der Waals surface area contributed by atoms with Crippen LogP contribution < -0.4 is 20.3 Å². The monoisotopic (exact) mass is 711 g/mol. The summed E-state index contributed by atoms with van der Waals surface area (Å²) in [6, 6.07) is 26.6. The van der Waals surface area contributed by atoms with Crippen LogP contribution in [0, 0.1) is 0 Å². The molecule has 4 aromatic carbocycles. The maximum absolute atomic E-state index is 14.3. The van der Waals surface area contributed by atoms with Crippen LogP contribution in [0.1, 0.15) is 40.3 Å². The second kappa shape index (κ2) is 15.0. The largest absolute Gasteiger partial charge is 0.497 e. The quantitative estimate of drug-likeness (QED) is 0.107. The van der Waals surface area contributed by atoms with E-state index < -0.39 is 29.3 Å². The van der Waals surface area contributed by atoms with Gasteiger partial charge in [0.25, 0.3) is 5.91 Å². The molecule has 246 valence electrons. The highest BCUT2D eigenvalue weighted by molar-refractivity contribution is 9.10. The van der Waals surface area contributed by atoms with E-state index in [1.54, 1.807) is 49.6 Å². The van der Waals surface area contributed by atoms with Crippen LogP contribution in [0.3, 0.4) is 0 Å². The second-order valence-electron chi connectivity index (χ2n) is 10.9. The highest BCUT2D eigenvalue weighted by Gasteiger charge is 2.53. The third-order valence-electron chi connectivity index (χ3n) is 7.56. The number of carbonyl (C=O) groups is 1. The standard InChI is InChI=1S/C35H33BrF3N3O5/c1-45-30-8-3-6-26(20-30)31-34(21-23-9-13-28(36)14-10-23,33(44)42-40-22-24-5-2-7-27(19-24)35(37,38)39)41-32(47-31)25-11-15-29(16-12-25)46-18-4-17-43/h2-3,5-16,19-20,31,40,43H,4,17-18,21-22H2,1H3,(H,42,44)/t31-,34-/m0/s1. The Bertz CT molecular complexity index is 1700. The fourth-order valence-electron chi connectivity index (χ4n) is 5.19. The van der Waals surface area contributed by atoms with Gasteiger partial charge in [-0.3, -0.25) is 10.2 Å². The first-order chi connectivity index (χ1) is 22.6. The van der Waals surface area contributed by atoms with Crippen LogP contribution in [0.4, 0.5) is 13.2 Å². The van der Waals surface area contributed by atoms with Crippen molar-refractivity contribution in [1.29, 1.82) is 0 Å². The molecular weight excluding hydrogens is 679 g/mol. The molecule has 0 saturated heterocycles. The molecule has 0 fully saturated rings. The van der Waals surface area contributed by atoms with E-state index >= 15 is 0 Å². The van der Waals surface area contributed by atoms with Gasteiger partial charge in [-0.25, -0.2) is 10.4 Å². The Hall–Kier alpha value is -4.39. The van der Waals surface area contributed by atoms with Crippen LogP contribution in [0.2, 0.25) is 0 Å². The molecule has 1 aliphatic rings. The number of aliphatic imine (C=N–C) groups is 1. The molecule has 0 spiro atoms. The minimum atomic E-state index is -4.49. The smallest absolute Gasteiger partial charge is 0.416 e. The number of nitrogens with zero attached hydrogens (tertiary/aromatic N) is 1.